The molecule has 0 aromatic heterocycles. The van der Waals surface area contributed by atoms with Crippen LogP contribution in [0.15, 0.2) is 24.3 Å². The number of hydrogen-bond acceptors (Lipinski definition) is 1. The summed E-state index contributed by atoms with van der Waals surface area (Å²) in [4.78, 5) is 2.47. The Morgan fingerprint density at radius 1 is 0.789 bits per heavy atom. The molecule has 2 rings (SSSR count). The lowest BCUT2D eigenvalue weighted by molar-refractivity contribution is 0.949. The molecule has 1 fully saturated rings. The zero-order valence-electron chi connectivity index (χ0n) is 14.3. The van der Waals surface area contributed by atoms with Gasteiger partial charge in [-0.2, -0.15) is 0 Å². The molecule has 1 nitrogen and oxygen atoms in total. The van der Waals surface area contributed by atoms with Crippen LogP contribution in [0, 0.1) is 0 Å². The molecule has 0 radical (unpaired) electrons. The Hall–Kier alpha value is -0.980. The van der Waals surface area contributed by atoms with E-state index in [1.807, 2.05) is 41.5 Å². The lowest BCUT2D eigenvalue weighted by Gasteiger charge is -2.17. The molecule has 1 aromatic rings. The fraction of sp³-hybridized carbons (Fsp3) is 0.667. The highest BCUT2D eigenvalue weighted by Gasteiger charge is 2.11. The van der Waals surface area contributed by atoms with Gasteiger partial charge in [-0.3, -0.25) is 0 Å². The lowest BCUT2D eigenvalue weighted by atomic mass is 10.1. The van der Waals surface area contributed by atoms with Gasteiger partial charge in [0.1, 0.15) is 0 Å². The maximum atomic E-state index is 2.47. The van der Waals surface area contributed by atoms with E-state index < -0.39 is 0 Å². The Kier molecular flexibility index (Phi) is 16.1. The van der Waals surface area contributed by atoms with Crippen molar-refractivity contribution in [3.8, 4) is 0 Å². The number of hydrogen-bond donors (Lipinski definition) is 0. The van der Waals surface area contributed by atoms with Crippen molar-refractivity contribution < 1.29 is 0 Å². The third kappa shape index (κ3) is 7.92. The summed E-state index contributed by atoms with van der Waals surface area (Å²) in [7, 11) is 0. The van der Waals surface area contributed by atoms with Crippen LogP contribution >= 0.6 is 0 Å². The summed E-state index contributed by atoms with van der Waals surface area (Å²) >= 11 is 0. The molecule has 1 aromatic carbocycles. The molecule has 112 valence electrons. The van der Waals surface area contributed by atoms with Crippen molar-refractivity contribution in [1.29, 1.82) is 0 Å². The molecule has 0 aliphatic carbocycles. The van der Waals surface area contributed by atoms with Gasteiger partial charge in [-0.05, 0) is 37.0 Å². The van der Waals surface area contributed by atoms with Gasteiger partial charge >= 0.3 is 0 Å². The van der Waals surface area contributed by atoms with E-state index in [-0.39, 0.29) is 0 Å². The molecule has 0 N–H and O–H groups in total. The zero-order chi connectivity index (χ0) is 15.1. The van der Waals surface area contributed by atoms with Crippen molar-refractivity contribution in [2.75, 3.05) is 18.0 Å². The van der Waals surface area contributed by atoms with Crippen LogP contribution in [0.2, 0.25) is 0 Å². The van der Waals surface area contributed by atoms with Gasteiger partial charge in [0.2, 0.25) is 0 Å². The van der Waals surface area contributed by atoms with Gasteiger partial charge in [0, 0.05) is 18.8 Å². The maximum absolute atomic E-state index is 2.47. The zero-order valence-corrected chi connectivity index (χ0v) is 14.3. The predicted octanol–water partition coefficient (Wildman–Crippen LogP) is 5.93. The second-order valence-corrected chi connectivity index (χ2v) is 3.71. The van der Waals surface area contributed by atoms with Gasteiger partial charge in [0.15, 0.2) is 0 Å². The Labute approximate surface area is 122 Å². The molecule has 0 saturated carbocycles. The smallest absolute Gasteiger partial charge is 0.0366 e. The third-order valence-corrected chi connectivity index (χ3v) is 2.82. The normalized spacial score (nSPS) is 12.3. The monoisotopic (exact) mass is 265 g/mol. The van der Waals surface area contributed by atoms with Gasteiger partial charge in [0.05, 0.1) is 0 Å². The molecule has 0 amide bonds. The number of anilines is 1. The molecular formula is C18H35N. The van der Waals surface area contributed by atoms with E-state index in [1.54, 1.807) is 0 Å². The summed E-state index contributed by atoms with van der Waals surface area (Å²) in [5, 5.41) is 0. The van der Waals surface area contributed by atoms with Crippen LogP contribution in [0.25, 0.3) is 0 Å². The van der Waals surface area contributed by atoms with Crippen LogP contribution in [-0.2, 0) is 6.42 Å². The Bertz CT molecular complexity index is 258. The Balaban J connectivity index is 0. The van der Waals surface area contributed by atoms with Crippen molar-refractivity contribution in [2.45, 2.75) is 67.7 Å². The standard InChI is InChI=1S/C12H17N.3C2H6/c1-2-11-5-7-12(8-6-11)13-9-3-4-10-13;3*1-2/h5-8H,2-4,9-10H2,1H3;3*1-2H3. The van der Waals surface area contributed by atoms with Crippen LogP contribution in [0.4, 0.5) is 5.69 Å². The summed E-state index contributed by atoms with van der Waals surface area (Å²) in [6.07, 6.45) is 3.85. The third-order valence-electron chi connectivity index (χ3n) is 2.82. The summed E-state index contributed by atoms with van der Waals surface area (Å²) < 4.78 is 0. The number of rotatable bonds is 2. The van der Waals surface area contributed by atoms with Crippen LogP contribution in [0.5, 0.6) is 0 Å². The highest BCUT2D eigenvalue weighted by molar-refractivity contribution is 5.48. The molecule has 0 unspecified atom stereocenters. The summed E-state index contributed by atoms with van der Waals surface area (Å²) in [6.45, 7) is 16.7. The Morgan fingerprint density at radius 3 is 1.58 bits per heavy atom. The molecule has 0 bridgehead atoms. The Morgan fingerprint density at radius 2 is 1.21 bits per heavy atom. The minimum Gasteiger partial charge on any atom is -0.372 e. The first-order chi connectivity index (χ1) is 9.40. The van der Waals surface area contributed by atoms with Crippen LogP contribution < -0.4 is 4.90 Å². The van der Waals surface area contributed by atoms with Gasteiger partial charge in [0.25, 0.3) is 0 Å². The van der Waals surface area contributed by atoms with Crippen molar-refractivity contribution in [1.82, 2.24) is 0 Å². The van der Waals surface area contributed by atoms with E-state index in [1.165, 1.54) is 37.2 Å². The van der Waals surface area contributed by atoms with E-state index in [0.717, 1.165) is 6.42 Å². The predicted molar refractivity (Wildman–Crippen MR) is 91.3 cm³/mol. The molecule has 19 heavy (non-hydrogen) atoms. The fourth-order valence-corrected chi connectivity index (χ4v) is 1.92. The minimum atomic E-state index is 1.14. The molecule has 1 saturated heterocycles. The van der Waals surface area contributed by atoms with E-state index in [2.05, 4.69) is 36.1 Å². The van der Waals surface area contributed by atoms with E-state index in [4.69, 9.17) is 0 Å². The first-order valence-electron chi connectivity index (χ1n) is 8.24. The summed E-state index contributed by atoms with van der Waals surface area (Å²) in [5.41, 5.74) is 2.83. The average Bonchev–Trinajstić information content (AvgIpc) is 3.08. The van der Waals surface area contributed by atoms with Gasteiger partial charge < -0.3 is 4.90 Å². The molecular weight excluding hydrogens is 230 g/mol. The largest absolute Gasteiger partial charge is 0.372 e. The second kappa shape index (κ2) is 15.1. The molecule has 0 spiro atoms. The topological polar surface area (TPSA) is 3.24 Å². The average molecular weight is 265 g/mol. The molecule has 1 heteroatoms. The molecule has 1 aliphatic heterocycles. The maximum Gasteiger partial charge on any atom is 0.0366 e. The minimum absolute atomic E-state index is 1.14. The van der Waals surface area contributed by atoms with Crippen LogP contribution in [0.1, 0.15) is 66.9 Å². The van der Waals surface area contributed by atoms with Crippen molar-refractivity contribution in [3.63, 3.8) is 0 Å². The molecule has 1 heterocycles. The molecule has 1 aliphatic rings. The number of nitrogens with zero attached hydrogens (tertiary/aromatic N) is 1. The van der Waals surface area contributed by atoms with E-state index in [9.17, 15) is 0 Å². The van der Waals surface area contributed by atoms with E-state index >= 15 is 0 Å². The van der Waals surface area contributed by atoms with Crippen LogP contribution in [-0.4, -0.2) is 13.1 Å². The number of aryl methyl sites for hydroxylation is 1. The fourth-order valence-electron chi connectivity index (χ4n) is 1.92. The highest BCUT2D eigenvalue weighted by Crippen LogP contribution is 2.20. The summed E-state index contributed by atoms with van der Waals surface area (Å²) in [6, 6.07) is 9.00. The molecule has 0 atom stereocenters. The SMILES string of the molecule is CC.CC.CC.CCc1ccc(N2CCCC2)cc1. The van der Waals surface area contributed by atoms with Crippen molar-refractivity contribution in [2.24, 2.45) is 0 Å². The first kappa shape index (κ1) is 20.3. The summed E-state index contributed by atoms with van der Waals surface area (Å²) in [5.74, 6) is 0. The van der Waals surface area contributed by atoms with Gasteiger partial charge in [-0.15, -0.1) is 0 Å². The second-order valence-electron chi connectivity index (χ2n) is 3.71. The van der Waals surface area contributed by atoms with Crippen LogP contribution in [0.3, 0.4) is 0 Å². The highest BCUT2D eigenvalue weighted by atomic mass is 15.1. The number of benzene rings is 1. The lowest BCUT2D eigenvalue weighted by Crippen LogP contribution is -2.17. The quantitative estimate of drug-likeness (QED) is 0.641. The van der Waals surface area contributed by atoms with Crippen molar-refractivity contribution in [3.05, 3.63) is 29.8 Å². The first-order valence-corrected chi connectivity index (χ1v) is 8.24. The van der Waals surface area contributed by atoms with Gasteiger partial charge in [-0.25, -0.2) is 0 Å². The van der Waals surface area contributed by atoms with E-state index in [0.29, 0.717) is 0 Å². The van der Waals surface area contributed by atoms with Crippen molar-refractivity contribution >= 4 is 5.69 Å². The van der Waals surface area contributed by atoms with Gasteiger partial charge in [-0.1, -0.05) is 60.6 Å².